The van der Waals surface area contributed by atoms with E-state index in [4.69, 9.17) is 4.74 Å². The number of aliphatic hydroxyl groups excluding tert-OH is 1. The van der Waals surface area contributed by atoms with Crippen LogP contribution in [0.2, 0.25) is 0 Å². The molecule has 0 amide bonds. The van der Waals surface area contributed by atoms with Crippen LogP contribution in [0, 0.1) is 5.82 Å². The molecular weight excluding hydrogens is 395 g/mol. The molecule has 0 bridgehead atoms. The van der Waals surface area contributed by atoms with Crippen LogP contribution in [-0.4, -0.2) is 49.8 Å². The van der Waals surface area contributed by atoms with Crippen LogP contribution >= 0.6 is 0 Å². The fourth-order valence-corrected chi connectivity index (χ4v) is 3.97. The summed E-state index contributed by atoms with van der Waals surface area (Å²) in [5.74, 6) is 1.15. The zero-order valence-corrected chi connectivity index (χ0v) is 18.4. The monoisotopic (exact) mass is 428 g/mol. The number of hydrogen-bond donors (Lipinski definition) is 3. The van der Waals surface area contributed by atoms with Crippen molar-refractivity contribution in [3.05, 3.63) is 65.0 Å². The number of piperidine rings is 1. The van der Waals surface area contributed by atoms with Crippen molar-refractivity contribution in [2.45, 2.75) is 38.5 Å². The van der Waals surface area contributed by atoms with E-state index in [1.807, 2.05) is 12.1 Å². The molecule has 0 spiro atoms. The number of nitrogens with zero attached hydrogens (tertiary/aromatic N) is 2. The van der Waals surface area contributed by atoms with E-state index in [9.17, 15) is 9.50 Å². The van der Waals surface area contributed by atoms with Crippen LogP contribution in [-0.2, 0) is 13.2 Å². The predicted molar refractivity (Wildman–Crippen MR) is 122 cm³/mol. The minimum absolute atomic E-state index is 0.233. The number of guanidine groups is 1. The lowest BCUT2D eigenvalue weighted by Crippen LogP contribution is -2.44. The van der Waals surface area contributed by atoms with Gasteiger partial charge in [0.25, 0.3) is 0 Å². The molecule has 0 radical (unpaired) electrons. The number of rotatable bonds is 8. The summed E-state index contributed by atoms with van der Waals surface area (Å²) in [6.45, 7) is 3.07. The molecule has 1 unspecified atom stereocenters. The summed E-state index contributed by atoms with van der Waals surface area (Å²) in [5.41, 5.74) is 2.43. The van der Waals surface area contributed by atoms with Crippen molar-refractivity contribution >= 4 is 5.96 Å². The third-order valence-electron chi connectivity index (χ3n) is 5.76. The Bertz CT molecular complexity index is 851. The van der Waals surface area contributed by atoms with Gasteiger partial charge in [-0.25, -0.2) is 4.39 Å². The fraction of sp³-hybridized carbons (Fsp3) is 0.458. The molecule has 3 rings (SSSR count). The standard InChI is InChI=1S/C24H33FN4O2/c1-26-24(27-15-18-6-11-22(25)20(14-18)17-30)28-16-23(29-12-4-3-5-13-29)19-7-9-21(31-2)10-8-19/h6-11,14,23,30H,3-5,12-13,15-17H2,1-2H3,(H2,26,27,28). The highest BCUT2D eigenvalue weighted by Crippen LogP contribution is 2.25. The van der Waals surface area contributed by atoms with Gasteiger partial charge in [0.1, 0.15) is 11.6 Å². The predicted octanol–water partition coefficient (Wildman–Crippen LogP) is 3.22. The Morgan fingerprint density at radius 2 is 1.87 bits per heavy atom. The topological polar surface area (TPSA) is 69.1 Å². The first-order valence-corrected chi connectivity index (χ1v) is 10.8. The molecule has 3 N–H and O–H groups in total. The van der Waals surface area contributed by atoms with Crippen LogP contribution < -0.4 is 15.4 Å². The third-order valence-corrected chi connectivity index (χ3v) is 5.76. The van der Waals surface area contributed by atoms with Crippen molar-refractivity contribution in [2.24, 2.45) is 4.99 Å². The molecule has 7 heteroatoms. The van der Waals surface area contributed by atoms with Gasteiger partial charge in [0, 0.05) is 25.7 Å². The number of nitrogens with one attached hydrogen (secondary N) is 2. The van der Waals surface area contributed by atoms with Gasteiger partial charge >= 0.3 is 0 Å². The Labute approximate surface area is 184 Å². The zero-order chi connectivity index (χ0) is 22.1. The number of hydrogen-bond acceptors (Lipinski definition) is 4. The summed E-state index contributed by atoms with van der Waals surface area (Å²) in [4.78, 5) is 6.86. The SMILES string of the molecule is CN=C(NCc1ccc(F)c(CO)c1)NCC(c1ccc(OC)cc1)N1CCCCC1. The molecule has 1 saturated heterocycles. The normalized spacial score (nSPS) is 16.1. The van der Waals surface area contributed by atoms with Crippen molar-refractivity contribution in [1.29, 1.82) is 0 Å². The van der Waals surface area contributed by atoms with Gasteiger partial charge in [-0.15, -0.1) is 0 Å². The lowest BCUT2D eigenvalue weighted by molar-refractivity contribution is 0.164. The van der Waals surface area contributed by atoms with Gasteiger partial charge in [-0.3, -0.25) is 9.89 Å². The maximum absolute atomic E-state index is 13.6. The van der Waals surface area contributed by atoms with E-state index in [1.165, 1.54) is 30.9 Å². The number of aliphatic hydroxyl groups is 1. The highest BCUT2D eigenvalue weighted by Gasteiger charge is 2.22. The van der Waals surface area contributed by atoms with Crippen LogP contribution in [0.1, 0.15) is 42.0 Å². The maximum atomic E-state index is 13.6. The summed E-state index contributed by atoms with van der Waals surface area (Å²) in [5, 5.41) is 16.0. The largest absolute Gasteiger partial charge is 0.497 e. The fourth-order valence-electron chi connectivity index (χ4n) is 3.97. The van der Waals surface area contributed by atoms with Crippen molar-refractivity contribution in [1.82, 2.24) is 15.5 Å². The molecule has 31 heavy (non-hydrogen) atoms. The smallest absolute Gasteiger partial charge is 0.191 e. The molecule has 1 heterocycles. The van der Waals surface area contributed by atoms with Crippen molar-refractivity contribution in [3.8, 4) is 5.75 Å². The Morgan fingerprint density at radius 3 is 2.52 bits per heavy atom. The van der Waals surface area contributed by atoms with Crippen LogP contribution in [0.25, 0.3) is 0 Å². The van der Waals surface area contributed by atoms with Gasteiger partial charge in [-0.05, 0) is 61.3 Å². The van der Waals surface area contributed by atoms with Crippen molar-refractivity contribution in [3.63, 3.8) is 0 Å². The molecule has 1 fully saturated rings. The maximum Gasteiger partial charge on any atom is 0.191 e. The van der Waals surface area contributed by atoms with E-state index in [-0.39, 0.29) is 12.6 Å². The Balaban J connectivity index is 1.64. The van der Waals surface area contributed by atoms with E-state index in [1.54, 1.807) is 26.3 Å². The van der Waals surface area contributed by atoms with Gasteiger partial charge < -0.3 is 20.5 Å². The Kier molecular flexibility index (Phi) is 8.67. The van der Waals surface area contributed by atoms with Gasteiger partial charge in [0.2, 0.25) is 0 Å². The van der Waals surface area contributed by atoms with E-state index < -0.39 is 5.82 Å². The quantitative estimate of drug-likeness (QED) is 0.445. The minimum Gasteiger partial charge on any atom is -0.497 e. The van der Waals surface area contributed by atoms with E-state index in [2.05, 4.69) is 32.7 Å². The summed E-state index contributed by atoms with van der Waals surface area (Å²) in [6.07, 6.45) is 3.73. The van der Waals surface area contributed by atoms with Crippen molar-refractivity contribution < 1.29 is 14.2 Å². The second-order valence-electron chi connectivity index (χ2n) is 7.78. The molecule has 2 aromatic rings. The number of methoxy groups -OCH3 is 1. The number of halogens is 1. The highest BCUT2D eigenvalue weighted by atomic mass is 19.1. The van der Waals surface area contributed by atoms with E-state index in [0.29, 0.717) is 18.1 Å². The van der Waals surface area contributed by atoms with Gasteiger partial charge in [-0.1, -0.05) is 24.6 Å². The summed E-state index contributed by atoms with van der Waals surface area (Å²) < 4.78 is 18.9. The van der Waals surface area contributed by atoms with Crippen LogP contribution in [0.5, 0.6) is 5.75 Å². The summed E-state index contributed by atoms with van der Waals surface area (Å²) in [7, 11) is 3.42. The second kappa shape index (κ2) is 11.7. The number of benzene rings is 2. The molecule has 0 aromatic heterocycles. The number of aliphatic imine (C=N–C) groups is 1. The Morgan fingerprint density at radius 1 is 1.13 bits per heavy atom. The molecule has 0 saturated carbocycles. The molecule has 1 aliphatic rings. The van der Waals surface area contributed by atoms with Crippen LogP contribution in [0.3, 0.4) is 0 Å². The van der Waals surface area contributed by atoms with Gasteiger partial charge in [0.15, 0.2) is 5.96 Å². The van der Waals surface area contributed by atoms with E-state index >= 15 is 0 Å². The average Bonchev–Trinajstić information content (AvgIpc) is 2.83. The molecule has 0 aliphatic carbocycles. The third kappa shape index (κ3) is 6.42. The summed E-state index contributed by atoms with van der Waals surface area (Å²) in [6, 6.07) is 13.3. The van der Waals surface area contributed by atoms with Gasteiger partial charge in [0.05, 0.1) is 19.8 Å². The number of ether oxygens (including phenoxy) is 1. The molecule has 2 aromatic carbocycles. The first kappa shape index (κ1) is 23.0. The molecular formula is C24H33FN4O2. The highest BCUT2D eigenvalue weighted by molar-refractivity contribution is 5.79. The second-order valence-corrected chi connectivity index (χ2v) is 7.78. The first-order chi connectivity index (χ1) is 15.1. The molecule has 1 aliphatic heterocycles. The molecule has 168 valence electrons. The molecule has 1 atom stereocenters. The summed E-state index contributed by atoms with van der Waals surface area (Å²) >= 11 is 0. The van der Waals surface area contributed by atoms with Crippen LogP contribution in [0.4, 0.5) is 4.39 Å². The molecule has 6 nitrogen and oxygen atoms in total. The number of likely N-dealkylation sites (tertiary alicyclic amines) is 1. The average molecular weight is 429 g/mol. The first-order valence-electron chi connectivity index (χ1n) is 10.8. The van der Waals surface area contributed by atoms with Crippen LogP contribution in [0.15, 0.2) is 47.5 Å². The lowest BCUT2D eigenvalue weighted by Gasteiger charge is -2.35. The van der Waals surface area contributed by atoms with Gasteiger partial charge in [-0.2, -0.15) is 0 Å². The van der Waals surface area contributed by atoms with Crippen molar-refractivity contribution in [2.75, 3.05) is 33.8 Å². The minimum atomic E-state index is -0.391. The Hall–Kier alpha value is -2.64. The zero-order valence-electron chi connectivity index (χ0n) is 18.4. The lowest BCUT2D eigenvalue weighted by atomic mass is 10.0. The van der Waals surface area contributed by atoms with E-state index in [0.717, 1.165) is 30.9 Å².